The highest BCUT2D eigenvalue weighted by Gasteiger charge is 2.25. The quantitative estimate of drug-likeness (QED) is 0.822. The van der Waals surface area contributed by atoms with Crippen LogP contribution >= 0.6 is 0 Å². The number of carbonyl (C=O) groups excluding carboxylic acids is 1. The molecule has 0 aliphatic carbocycles. The molecule has 0 spiro atoms. The van der Waals surface area contributed by atoms with Gasteiger partial charge in [0.25, 0.3) is 5.91 Å². The minimum atomic E-state index is -3.40. The molecule has 0 aromatic heterocycles. The molecule has 0 bridgehead atoms. The number of nitrogens with two attached hydrogens (primary N) is 1. The van der Waals surface area contributed by atoms with E-state index in [2.05, 4.69) is 0 Å². The predicted octanol–water partition coefficient (Wildman–Crippen LogP) is 0.533. The highest BCUT2D eigenvalue weighted by molar-refractivity contribution is 7.90. The van der Waals surface area contributed by atoms with Gasteiger partial charge in [0, 0.05) is 31.2 Å². The summed E-state index contributed by atoms with van der Waals surface area (Å²) in [6, 6.07) is 4.22. The van der Waals surface area contributed by atoms with E-state index in [1.165, 1.54) is 18.2 Å². The van der Waals surface area contributed by atoms with Crippen molar-refractivity contribution in [2.45, 2.75) is 17.4 Å². The van der Waals surface area contributed by atoms with Gasteiger partial charge < -0.3 is 15.4 Å². The number of benzene rings is 1. The summed E-state index contributed by atoms with van der Waals surface area (Å²) >= 11 is 0. The molecule has 1 atom stereocenters. The lowest BCUT2D eigenvalue weighted by atomic mass is 10.1. The first-order valence-electron chi connectivity index (χ1n) is 6.24. The van der Waals surface area contributed by atoms with Crippen molar-refractivity contribution in [3.05, 3.63) is 23.8 Å². The van der Waals surface area contributed by atoms with Crippen LogP contribution in [0.1, 0.15) is 16.8 Å². The number of hydrogen-bond donors (Lipinski definition) is 1. The Kier molecular flexibility index (Phi) is 4.01. The third-order valence-corrected chi connectivity index (χ3v) is 4.47. The van der Waals surface area contributed by atoms with Gasteiger partial charge in [-0.1, -0.05) is 0 Å². The first-order valence-corrected chi connectivity index (χ1v) is 8.13. The summed E-state index contributed by atoms with van der Waals surface area (Å²) in [6.45, 7) is 1.14. The molecule has 1 heterocycles. The number of nitrogens with zero attached hydrogens (tertiary/aromatic N) is 1. The minimum Gasteiger partial charge on any atom is -0.399 e. The number of nitrogen functional groups attached to an aromatic ring is 1. The number of carbonyl (C=O) groups is 1. The summed E-state index contributed by atoms with van der Waals surface area (Å²) < 4.78 is 28.4. The molecule has 2 rings (SSSR count). The Morgan fingerprint density at radius 1 is 1.40 bits per heavy atom. The van der Waals surface area contributed by atoms with Crippen LogP contribution in [0.2, 0.25) is 0 Å². The summed E-state index contributed by atoms with van der Waals surface area (Å²) in [5.74, 6) is -0.252. The zero-order valence-corrected chi connectivity index (χ0v) is 12.3. The van der Waals surface area contributed by atoms with E-state index in [-0.39, 0.29) is 28.1 Å². The van der Waals surface area contributed by atoms with Crippen molar-refractivity contribution in [2.24, 2.45) is 0 Å². The number of hydrogen-bond acceptors (Lipinski definition) is 5. The number of likely N-dealkylation sites (N-methyl/N-ethyl adjacent to an activating group) is 1. The third-order valence-electron chi connectivity index (χ3n) is 3.38. The van der Waals surface area contributed by atoms with E-state index in [9.17, 15) is 13.2 Å². The van der Waals surface area contributed by atoms with Crippen molar-refractivity contribution in [1.29, 1.82) is 0 Å². The Morgan fingerprint density at radius 3 is 2.65 bits per heavy atom. The van der Waals surface area contributed by atoms with Crippen LogP contribution in [0.15, 0.2) is 23.1 Å². The smallest absolute Gasteiger partial charge is 0.254 e. The number of rotatable bonds is 3. The lowest BCUT2D eigenvalue weighted by Gasteiger charge is -2.23. The molecule has 1 aliphatic heterocycles. The van der Waals surface area contributed by atoms with E-state index in [0.717, 1.165) is 12.7 Å². The predicted molar refractivity (Wildman–Crippen MR) is 75.3 cm³/mol. The molecule has 1 saturated heterocycles. The average molecular weight is 298 g/mol. The van der Waals surface area contributed by atoms with Crippen LogP contribution in [0.4, 0.5) is 5.69 Å². The molecule has 20 heavy (non-hydrogen) atoms. The number of ether oxygens (including phenoxy) is 1. The van der Waals surface area contributed by atoms with Gasteiger partial charge in [-0.3, -0.25) is 4.79 Å². The van der Waals surface area contributed by atoms with Crippen molar-refractivity contribution >= 4 is 21.4 Å². The maximum Gasteiger partial charge on any atom is 0.254 e. The SMILES string of the molecule is CN(C(=O)c1cc(N)cc(S(C)(=O)=O)c1)C1CCOC1. The molecule has 6 nitrogen and oxygen atoms in total. The highest BCUT2D eigenvalue weighted by Crippen LogP contribution is 2.20. The van der Waals surface area contributed by atoms with Gasteiger partial charge in [-0.15, -0.1) is 0 Å². The van der Waals surface area contributed by atoms with E-state index in [1.54, 1.807) is 11.9 Å². The molecule has 110 valence electrons. The van der Waals surface area contributed by atoms with Gasteiger partial charge in [0.05, 0.1) is 17.5 Å². The van der Waals surface area contributed by atoms with Crippen LogP contribution in [-0.4, -0.2) is 51.8 Å². The molecular weight excluding hydrogens is 280 g/mol. The molecule has 0 radical (unpaired) electrons. The van der Waals surface area contributed by atoms with E-state index in [4.69, 9.17) is 10.5 Å². The van der Waals surface area contributed by atoms with Gasteiger partial charge in [0.2, 0.25) is 0 Å². The molecule has 1 unspecified atom stereocenters. The molecule has 1 fully saturated rings. The highest BCUT2D eigenvalue weighted by atomic mass is 32.2. The summed E-state index contributed by atoms with van der Waals surface area (Å²) in [4.78, 5) is 14.0. The number of anilines is 1. The molecule has 1 aliphatic rings. The molecule has 2 N–H and O–H groups in total. The Labute approximate surface area is 118 Å². The molecular formula is C13H18N2O4S. The van der Waals surface area contributed by atoms with Crippen LogP contribution in [0.3, 0.4) is 0 Å². The topological polar surface area (TPSA) is 89.7 Å². The lowest BCUT2D eigenvalue weighted by molar-refractivity contribution is 0.0711. The van der Waals surface area contributed by atoms with Gasteiger partial charge in [-0.25, -0.2) is 8.42 Å². The van der Waals surface area contributed by atoms with Gasteiger partial charge in [-0.05, 0) is 24.6 Å². The summed E-state index contributed by atoms with van der Waals surface area (Å²) in [5.41, 5.74) is 6.22. The maximum absolute atomic E-state index is 12.4. The average Bonchev–Trinajstić information content (AvgIpc) is 2.89. The van der Waals surface area contributed by atoms with Crippen LogP contribution in [-0.2, 0) is 14.6 Å². The Hall–Kier alpha value is -1.60. The van der Waals surface area contributed by atoms with Crippen molar-refractivity contribution < 1.29 is 17.9 Å². The summed E-state index contributed by atoms with van der Waals surface area (Å²) in [5, 5.41) is 0. The lowest BCUT2D eigenvalue weighted by Crippen LogP contribution is -2.37. The van der Waals surface area contributed by atoms with Crippen molar-refractivity contribution in [2.75, 3.05) is 32.3 Å². The van der Waals surface area contributed by atoms with Crippen LogP contribution in [0, 0.1) is 0 Å². The monoisotopic (exact) mass is 298 g/mol. The third kappa shape index (κ3) is 3.10. The van der Waals surface area contributed by atoms with E-state index >= 15 is 0 Å². The zero-order chi connectivity index (χ0) is 14.9. The molecule has 1 aromatic carbocycles. The van der Waals surface area contributed by atoms with Crippen molar-refractivity contribution in [3.63, 3.8) is 0 Å². The van der Waals surface area contributed by atoms with Gasteiger partial charge >= 0.3 is 0 Å². The molecule has 0 saturated carbocycles. The van der Waals surface area contributed by atoms with Gasteiger partial charge in [0.15, 0.2) is 9.84 Å². The summed E-state index contributed by atoms with van der Waals surface area (Å²) in [7, 11) is -1.72. The first kappa shape index (κ1) is 14.8. The fourth-order valence-corrected chi connectivity index (χ4v) is 2.85. The van der Waals surface area contributed by atoms with Gasteiger partial charge in [-0.2, -0.15) is 0 Å². The molecule has 1 amide bonds. The molecule has 1 aromatic rings. The second kappa shape index (κ2) is 5.41. The van der Waals surface area contributed by atoms with Crippen LogP contribution in [0.5, 0.6) is 0 Å². The fourth-order valence-electron chi connectivity index (χ4n) is 2.16. The van der Waals surface area contributed by atoms with Crippen LogP contribution in [0.25, 0.3) is 0 Å². The largest absolute Gasteiger partial charge is 0.399 e. The van der Waals surface area contributed by atoms with Crippen molar-refractivity contribution in [1.82, 2.24) is 4.90 Å². The zero-order valence-electron chi connectivity index (χ0n) is 11.5. The normalized spacial score (nSPS) is 19.0. The second-order valence-corrected chi connectivity index (χ2v) is 7.01. The second-order valence-electron chi connectivity index (χ2n) is 5.00. The first-order chi connectivity index (χ1) is 9.29. The fraction of sp³-hybridized carbons (Fsp3) is 0.462. The van der Waals surface area contributed by atoms with Crippen molar-refractivity contribution in [3.8, 4) is 0 Å². The van der Waals surface area contributed by atoms with Gasteiger partial charge in [0.1, 0.15) is 0 Å². The van der Waals surface area contributed by atoms with E-state index in [0.29, 0.717) is 13.2 Å². The van der Waals surface area contributed by atoms with E-state index in [1.807, 2.05) is 0 Å². The number of sulfone groups is 1. The maximum atomic E-state index is 12.4. The minimum absolute atomic E-state index is 0.0191. The van der Waals surface area contributed by atoms with E-state index < -0.39 is 9.84 Å². The van der Waals surface area contributed by atoms with Crippen LogP contribution < -0.4 is 5.73 Å². The molecule has 7 heteroatoms. The Balaban J connectivity index is 2.32. The Morgan fingerprint density at radius 2 is 2.10 bits per heavy atom. The summed E-state index contributed by atoms with van der Waals surface area (Å²) in [6.07, 6.45) is 1.87. The Bertz CT molecular complexity index is 621. The number of amides is 1. The standard InChI is InChI=1S/C13H18N2O4S/c1-15(11-3-4-19-8-11)13(16)9-5-10(14)7-12(6-9)20(2,17)18/h5-7,11H,3-4,8,14H2,1-2H3.